The second-order valence-electron chi connectivity index (χ2n) is 4.64. The molecule has 5 nitrogen and oxygen atoms in total. The van der Waals surface area contributed by atoms with Gasteiger partial charge in [0.2, 0.25) is 0 Å². The Bertz CT molecular complexity index is 598. The molecule has 1 amide bonds. The molecule has 6 heteroatoms. The van der Waals surface area contributed by atoms with Crippen molar-refractivity contribution in [1.29, 1.82) is 0 Å². The molecule has 2 aromatic rings. The molecule has 0 fully saturated rings. The number of amides is 1. The van der Waals surface area contributed by atoms with Crippen molar-refractivity contribution in [2.75, 3.05) is 23.3 Å². The summed E-state index contributed by atoms with van der Waals surface area (Å²) in [6.45, 7) is 6.17. The van der Waals surface area contributed by atoms with Crippen LogP contribution in [0.25, 0.3) is 0 Å². The third-order valence-corrected chi connectivity index (χ3v) is 3.94. The van der Waals surface area contributed by atoms with Crippen LogP contribution >= 0.6 is 15.9 Å². The van der Waals surface area contributed by atoms with E-state index in [1.54, 1.807) is 17.9 Å². The first-order valence-electron chi connectivity index (χ1n) is 6.90. The average Bonchev–Trinajstić information content (AvgIpc) is 2.81. The van der Waals surface area contributed by atoms with Crippen LogP contribution in [-0.2, 0) is 7.05 Å². The summed E-state index contributed by atoms with van der Waals surface area (Å²) < 4.78 is 2.23. The number of anilines is 2. The fraction of sp³-hybridized carbons (Fsp3) is 0.333. The lowest BCUT2D eigenvalue weighted by Gasteiger charge is -2.21. The smallest absolute Gasteiger partial charge is 0.275 e. The van der Waals surface area contributed by atoms with E-state index in [2.05, 4.69) is 45.1 Å². The fourth-order valence-electron chi connectivity index (χ4n) is 2.20. The van der Waals surface area contributed by atoms with E-state index in [-0.39, 0.29) is 5.91 Å². The lowest BCUT2D eigenvalue weighted by atomic mass is 10.2. The normalized spacial score (nSPS) is 10.5. The molecule has 21 heavy (non-hydrogen) atoms. The molecule has 1 heterocycles. The molecular formula is C15H19BrN4O. The van der Waals surface area contributed by atoms with E-state index < -0.39 is 0 Å². The van der Waals surface area contributed by atoms with Crippen LogP contribution < -0.4 is 10.2 Å². The average molecular weight is 351 g/mol. The van der Waals surface area contributed by atoms with Gasteiger partial charge in [-0.15, -0.1) is 0 Å². The van der Waals surface area contributed by atoms with Crippen LogP contribution in [0.2, 0.25) is 0 Å². The molecule has 0 atom stereocenters. The number of aryl methyl sites for hydroxylation is 1. The highest BCUT2D eigenvalue weighted by molar-refractivity contribution is 9.10. The number of hydrogen-bond donors (Lipinski definition) is 1. The maximum Gasteiger partial charge on any atom is 0.275 e. The maximum absolute atomic E-state index is 12.2. The lowest BCUT2D eigenvalue weighted by Crippen LogP contribution is -2.21. The number of carbonyl (C=O) groups is 1. The lowest BCUT2D eigenvalue weighted by molar-refractivity contribution is 0.101. The number of rotatable bonds is 5. The second kappa shape index (κ2) is 6.76. The number of carbonyl (C=O) groups excluding carboxylic acids is 1. The number of halogens is 1. The van der Waals surface area contributed by atoms with Crippen molar-refractivity contribution in [1.82, 2.24) is 9.78 Å². The van der Waals surface area contributed by atoms with Crippen molar-refractivity contribution >= 4 is 33.2 Å². The first-order valence-corrected chi connectivity index (χ1v) is 7.70. The zero-order valence-corrected chi connectivity index (χ0v) is 14.0. The van der Waals surface area contributed by atoms with E-state index in [4.69, 9.17) is 0 Å². The van der Waals surface area contributed by atoms with Crippen molar-refractivity contribution in [3.8, 4) is 0 Å². The summed E-state index contributed by atoms with van der Waals surface area (Å²) in [6.07, 6.45) is 1.61. The van der Waals surface area contributed by atoms with Gasteiger partial charge in [-0.1, -0.05) is 0 Å². The van der Waals surface area contributed by atoms with E-state index in [1.807, 2.05) is 24.3 Å². The van der Waals surface area contributed by atoms with E-state index in [0.717, 1.165) is 24.5 Å². The second-order valence-corrected chi connectivity index (χ2v) is 5.49. The van der Waals surface area contributed by atoms with Crippen LogP contribution in [0.1, 0.15) is 24.3 Å². The zero-order valence-electron chi connectivity index (χ0n) is 12.4. The van der Waals surface area contributed by atoms with Crippen molar-refractivity contribution in [2.24, 2.45) is 7.05 Å². The Kier molecular flexibility index (Phi) is 5.01. The molecular weight excluding hydrogens is 332 g/mol. The first kappa shape index (κ1) is 15.6. The van der Waals surface area contributed by atoms with Crippen LogP contribution in [0.5, 0.6) is 0 Å². The SMILES string of the molecule is CCN(CC)c1ccc(NC(=O)c2c(Br)cnn2C)cc1. The predicted molar refractivity (Wildman–Crippen MR) is 88.9 cm³/mol. The topological polar surface area (TPSA) is 50.2 Å². The third-order valence-electron chi connectivity index (χ3n) is 3.36. The summed E-state index contributed by atoms with van der Waals surface area (Å²) in [6, 6.07) is 7.85. The molecule has 0 bridgehead atoms. The number of aromatic nitrogens is 2. The van der Waals surface area contributed by atoms with Gasteiger partial charge in [-0.3, -0.25) is 9.48 Å². The summed E-state index contributed by atoms with van der Waals surface area (Å²) in [4.78, 5) is 14.5. The summed E-state index contributed by atoms with van der Waals surface area (Å²) in [5.41, 5.74) is 2.42. The molecule has 0 unspecified atom stereocenters. The highest BCUT2D eigenvalue weighted by Crippen LogP contribution is 2.20. The minimum atomic E-state index is -0.183. The first-order chi connectivity index (χ1) is 10.1. The molecule has 2 rings (SSSR count). The summed E-state index contributed by atoms with van der Waals surface area (Å²) in [5, 5.41) is 6.92. The van der Waals surface area contributed by atoms with Gasteiger partial charge in [-0.2, -0.15) is 5.10 Å². The van der Waals surface area contributed by atoms with Crippen LogP contribution in [-0.4, -0.2) is 28.8 Å². The van der Waals surface area contributed by atoms with Gasteiger partial charge in [-0.05, 0) is 54.0 Å². The molecule has 0 saturated carbocycles. The standard InChI is InChI=1S/C15H19BrN4O/c1-4-20(5-2)12-8-6-11(7-9-12)18-15(21)14-13(16)10-17-19(14)3/h6-10H,4-5H2,1-3H3,(H,18,21). The third kappa shape index (κ3) is 3.44. The summed E-state index contributed by atoms with van der Waals surface area (Å²) in [5.74, 6) is -0.183. The van der Waals surface area contributed by atoms with Gasteiger partial charge >= 0.3 is 0 Å². The Morgan fingerprint density at radius 2 is 1.90 bits per heavy atom. The monoisotopic (exact) mass is 350 g/mol. The van der Waals surface area contributed by atoms with Gasteiger partial charge in [0.1, 0.15) is 5.69 Å². The quantitative estimate of drug-likeness (QED) is 0.900. The van der Waals surface area contributed by atoms with Crippen molar-refractivity contribution in [3.05, 3.63) is 40.6 Å². The van der Waals surface area contributed by atoms with E-state index in [1.165, 1.54) is 0 Å². The Morgan fingerprint density at radius 1 is 1.29 bits per heavy atom. The highest BCUT2D eigenvalue weighted by Gasteiger charge is 2.15. The Morgan fingerprint density at radius 3 is 2.38 bits per heavy atom. The highest BCUT2D eigenvalue weighted by atomic mass is 79.9. The number of hydrogen-bond acceptors (Lipinski definition) is 3. The van der Waals surface area contributed by atoms with Gasteiger partial charge < -0.3 is 10.2 Å². The molecule has 0 aliphatic carbocycles. The van der Waals surface area contributed by atoms with Crippen molar-refractivity contribution < 1.29 is 4.79 Å². The van der Waals surface area contributed by atoms with Gasteiger partial charge in [0.15, 0.2) is 0 Å². The molecule has 0 aliphatic heterocycles. The van der Waals surface area contributed by atoms with Gasteiger partial charge in [-0.25, -0.2) is 0 Å². The molecule has 112 valence electrons. The maximum atomic E-state index is 12.2. The van der Waals surface area contributed by atoms with Gasteiger partial charge in [0.05, 0.1) is 10.7 Å². The minimum absolute atomic E-state index is 0.183. The van der Waals surface area contributed by atoms with Gasteiger partial charge in [0, 0.05) is 31.5 Å². The van der Waals surface area contributed by atoms with Crippen LogP contribution in [0.15, 0.2) is 34.9 Å². The zero-order chi connectivity index (χ0) is 15.4. The molecule has 1 aromatic carbocycles. The molecule has 0 saturated heterocycles. The number of benzene rings is 1. The van der Waals surface area contributed by atoms with Crippen LogP contribution in [0.3, 0.4) is 0 Å². The summed E-state index contributed by atoms with van der Waals surface area (Å²) in [7, 11) is 1.74. The van der Waals surface area contributed by atoms with E-state index >= 15 is 0 Å². The van der Waals surface area contributed by atoms with E-state index in [9.17, 15) is 4.79 Å². The number of nitrogens with one attached hydrogen (secondary N) is 1. The molecule has 0 radical (unpaired) electrons. The van der Waals surface area contributed by atoms with Crippen LogP contribution in [0, 0.1) is 0 Å². The van der Waals surface area contributed by atoms with Crippen molar-refractivity contribution in [2.45, 2.75) is 13.8 Å². The Labute approximate surface area is 133 Å². The number of nitrogens with zero attached hydrogens (tertiary/aromatic N) is 3. The molecule has 1 aromatic heterocycles. The minimum Gasteiger partial charge on any atom is -0.372 e. The Hall–Kier alpha value is -1.82. The predicted octanol–water partition coefficient (Wildman–Crippen LogP) is 3.28. The largest absolute Gasteiger partial charge is 0.372 e. The molecule has 0 aliphatic rings. The van der Waals surface area contributed by atoms with Gasteiger partial charge in [0.25, 0.3) is 5.91 Å². The molecule has 0 spiro atoms. The summed E-state index contributed by atoms with van der Waals surface area (Å²) >= 11 is 3.33. The van der Waals surface area contributed by atoms with E-state index in [0.29, 0.717) is 10.2 Å². The fourth-order valence-corrected chi connectivity index (χ4v) is 2.73. The van der Waals surface area contributed by atoms with Crippen LogP contribution in [0.4, 0.5) is 11.4 Å². The Balaban J connectivity index is 2.12. The molecule has 1 N–H and O–H groups in total. The van der Waals surface area contributed by atoms with Crippen molar-refractivity contribution in [3.63, 3.8) is 0 Å².